The van der Waals surface area contributed by atoms with Gasteiger partial charge in [0.05, 0.1) is 13.0 Å². The fourth-order valence-corrected chi connectivity index (χ4v) is 3.07. The van der Waals surface area contributed by atoms with Gasteiger partial charge < -0.3 is 4.74 Å². The number of rotatable bonds is 4. The van der Waals surface area contributed by atoms with Gasteiger partial charge in [0, 0.05) is 0 Å². The maximum absolute atomic E-state index is 13.4. The van der Waals surface area contributed by atoms with E-state index in [9.17, 15) is 13.2 Å². The quantitative estimate of drug-likeness (QED) is 0.728. The molecule has 0 heterocycles. The highest BCUT2D eigenvalue weighted by Gasteiger charge is 2.41. The van der Waals surface area contributed by atoms with E-state index < -0.39 is 12.1 Å². The zero-order valence-corrected chi connectivity index (χ0v) is 11.7. The highest BCUT2D eigenvalue weighted by atomic mass is 19.4. The van der Waals surface area contributed by atoms with Crippen LogP contribution in [0.25, 0.3) is 0 Å². The van der Waals surface area contributed by atoms with E-state index in [4.69, 9.17) is 4.74 Å². The monoisotopic (exact) mass is 286 g/mol. The lowest BCUT2D eigenvalue weighted by atomic mass is 9.80. The molecule has 0 spiro atoms. The fraction of sp³-hybridized carbons (Fsp3) is 0.625. The van der Waals surface area contributed by atoms with Gasteiger partial charge in [0.2, 0.25) is 0 Å². The lowest BCUT2D eigenvalue weighted by Crippen LogP contribution is -2.24. The van der Waals surface area contributed by atoms with Crippen molar-refractivity contribution in [3.63, 3.8) is 0 Å². The van der Waals surface area contributed by atoms with E-state index in [1.54, 1.807) is 18.2 Å². The summed E-state index contributed by atoms with van der Waals surface area (Å²) in [5, 5.41) is 0. The van der Waals surface area contributed by atoms with Crippen LogP contribution in [-0.2, 0) is 0 Å². The molecule has 0 amide bonds. The lowest BCUT2D eigenvalue weighted by molar-refractivity contribution is -0.155. The zero-order valence-electron chi connectivity index (χ0n) is 11.7. The van der Waals surface area contributed by atoms with Gasteiger partial charge in [0.15, 0.2) is 0 Å². The van der Waals surface area contributed by atoms with Crippen LogP contribution >= 0.6 is 0 Å². The molecule has 1 saturated carbocycles. The number of hydrogen-bond acceptors (Lipinski definition) is 1. The molecule has 0 radical (unpaired) electrons. The van der Waals surface area contributed by atoms with Crippen molar-refractivity contribution in [1.29, 1.82) is 0 Å². The summed E-state index contributed by atoms with van der Waals surface area (Å²) in [6.45, 7) is 0. The van der Waals surface area contributed by atoms with E-state index in [0.717, 1.165) is 32.1 Å². The highest BCUT2D eigenvalue weighted by Crippen LogP contribution is 2.43. The predicted molar refractivity (Wildman–Crippen MR) is 73.0 cm³/mol. The smallest absolute Gasteiger partial charge is 0.395 e. The molecule has 1 aromatic carbocycles. The highest BCUT2D eigenvalue weighted by molar-refractivity contribution is 5.31. The van der Waals surface area contributed by atoms with Crippen molar-refractivity contribution in [2.24, 2.45) is 5.92 Å². The fourth-order valence-electron chi connectivity index (χ4n) is 3.07. The van der Waals surface area contributed by atoms with Crippen molar-refractivity contribution in [3.8, 4) is 5.75 Å². The van der Waals surface area contributed by atoms with E-state index in [-0.39, 0.29) is 12.3 Å². The van der Waals surface area contributed by atoms with Crippen LogP contribution in [0.15, 0.2) is 24.3 Å². The Morgan fingerprint density at radius 2 is 1.90 bits per heavy atom. The molecule has 1 aliphatic rings. The number of alkyl halides is 3. The second-order valence-corrected chi connectivity index (χ2v) is 5.61. The third-order valence-electron chi connectivity index (χ3n) is 4.19. The summed E-state index contributed by atoms with van der Waals surface area (Å²) in [6.07, 6.45) is 1.15. The lowest BCUT2D eigenvalue weighted by Gasteiger charge is -2.28. The number of halogens is 3. The summed E-state index contributed by atoms with van der Waals surface area (Å²) in [6, 6.07) is 6.38. The molecule has 1 nitrogen and oxygen atoms in total. The van der Waals surface area contributed by atoms with E-state index in [2.05, 4.69) is 0 Å². The molecule has 1 aromatic rings. The number of hydrogen-bond donors (Lipinski definition) is 0. The van der Waals surface area contributed by atoms with Crippen molar-refractivity contribution in [2.45, 2.75) is 50.6 Å². The molecule has 20 heavy (non-hydrogen) atoms. The minimum Gasteiger partial charge on any atom is -0.497 e. The third-order valence-corrected chi connectivity index (χ3v) is 4.19. The molecule has 0 unspecified atom stereocenters. The van der Waals surface area contributed by atoms with E-state index in [0.29, 0.717) is 11.3 Å². The van der Waals surface area contributed by atoms with Crippen molar-refractivity contribution in [3.05, 3.63) is 29.8 Å². The van der Waals surface area contributed by atoms with Crippen molar-refractivity contribution >= 4 is 0 Å². The van der Waals surface area contributed by atoms with Gasteiger partial charge in [-0.3, -0.25) is 0 Å². The Morgan fingerprint density at radius 1 is 1.20 bits per heavy atom. The Hall–Kier alpha value is -1.19. The first-order chi connectivity index (χ1) is 9.50. The molecule has 0 aromatic heterocycles. The van der Waals surface area contributed by atoms with Gasteiger partial charge in [-0.15, -0.1) is 0 Å². The van der Waals surface area contributed by atoms with Crippen molar-refractivity contribution < 1.29 is 17.9 Å². The third kappa shape index (κ3) is 3.90. The van der Waals surface area contributed by atoms with Crippen LogP contribution in [0.2, 0.25) is 0 Å². The minimum atomic E-state index is -4.19. The van der Waals surface area contributed by atoms with Crippen LogP contribution < -0.4 is 4.74 Å². The largest absolute Gasteiger partial charge is 0.497 e. The van der Waals surface area contributed by atoms with E-state index in [1.807, 2.05) is 0 Å². The maximum atomic E-state index is 13.4. The molecule has 1 atom stereocenters. The summed E-state index contributed by atoms with van der Waals surface area (Å²) in [4.78, 5) is 0. The first-order valence-electron chi connectivity index (χ1n) is 7.21. The second kappa shape index (κ2) is 6.51. The molecule has 0 N–H and O–H groups in total. The summed E-state index contributed by atoms with van der Waals surface area (Å²) in [5.74, 6) is -0.692. The van der Waals surface area contributed by atoms with Gasteiger partial charge in [-0.25, -0.2) is 0 Å². The van der Waals surface area contributed by atoms with Gasteiger partial charge in [0.1, 0.15) is 5.75 Å². The Bertz CT molecular complexity index is 422. The van der Waals surface area contributed by atoms with Crippen LogP contribution in [0.4, 0.5) is 13.2 Å². The van der Waals surface area contributed by atoms with Crippen molar-refractivity contribution in [2.75, 3.05) is 7.11 Å². The first-order valence-corrected chi connectivity index (χ1v) is 7.21. The molecule has 0 saturated heterocycles. The summed E-state index contributed by atoms with van der Waals surface area (Å²) >= 11 is 0. The van der Waals surface area contributed by atoms with Gasteiger partial charge in [-0.2, -0.15) is 13.2 Å². The van der Waals surface area contributed by atoms with Gasteiger partial charge in [0.25, 0.3) is 0 Å². The molecule has 1 fully saturated rings. The SMILES string of the molecule is COc1cccc([C@@H](CC2CCCCC2)C(F)(F)F)c1. The van der Waals surface area contributed by atoms with Crippen LogP contribution in [0.1, 0.15) is 50.0 Å². The van der Waals surface area contributed by atoms with Gasteiger partial charge >= 0.3 is 6.18 Å². The molecular weight excluding hydrogens is 265 g/mol. The summed E-state index contributed by atoms with van der Waals surface area (Å²) < 4.78 is 45.1. The van der Waals surface area contributed by atoms with Crippen LogP contribution in [-0.4, -0.2) is 13.3 Å². The molecule has 0 aliphatic heterocycles. The van der Waals surface area contributed by atoms with Gasteiger partial charge in [-0.05, 0) is 30.0 Å². The normalized spacial score (nSPS) is 18.8. The van der Waals surface area contributed by atoms with Crippen molar-refractivity contribution in [1.82, 2.24) is 0 Å². The molecule has 4 heteroatoms. The predicted octanol–water partition coefficient (Wildman–Crippen LogP) is 5.31. The van der Waals surface area contributed by atoms with E-state index >= 15 is 0 Å². The number of ether oxygens (including phenoxy) is 1. The Balaban J connectivity index is 2.18. The molecule has 2 rings (SSSR count). The summed E-state index contributed by atoms with van der Waals surface area (Å²) in [5.41, 5.74) is 0.322. The zero-order chi connectivity index (χ0) is 14.6. The minimum absolute atomic E-state index is 0.196. The molecule has 1 aliphatic carbocycles. The van der Waals surface area contributed by atoms with Crippen LogP contribution in [0, 0.1) is 5.92 Å². The number of benzene rings is 1. The number of methoxy groups -OCH3 is 1. The maximum Gasteiger partial charge on any atom is 0.395 e. The Labute approximate surface area is 118 Å². The van der Waals surface area contributed by atoms with Crippen LogP contribution in [0.3, 0.4) is 0 Å². The topological polar surface area (TPSA) is 9.23 Å². The van der Waals surface area contributed by atoms with Crippen LogP contribution in [0.5, 0.6) is 5.75 Å². The standard InChI is InChI=1S/C16H21F3O/c1-20-14-9-5-8-13(11-14)15(16(17,18)19)10-12-6-3-2-4-7-12/h5,8-9,11-12,15H,2-4,6-7,10H2,1H3/t15-/m1/s1. The molecular formula is C16H21F3O. The average Bonchev–Trinajstić information content (AvgIpc) is 2.45. The van der Waals surface area contributed by atoms with E-state index in [1.165, 1.54) is 13.2 Å². The Morgan fingerprint density at radius 3 is 2.50 bits per heavy atom. The summed E-state index contributed by atoms with van der Waals surface area (Å²) in [7, 11) is 1.48. The van der Waals surface area contributed by atoms with Gasteiger partial charge in [-0.1, -0.05) is 44.2 Å². The second-order valence-electron chi connectivity index (χ2n) is 5.61. The average molecular weight is 286 g/mol. The Kier molecular flexibility index (Phi) is 4.95. The molecule has 112 valence electrons. The first kappa shape index (κ1) is 15.2. The molecule has 0 bridgehead atoms.